The second kappa shape index (κ2) is 8.13. The standard InChI is InChI=1S/C30H48Cl2O/c1-18(2)8-7-9-19(3)22-12-13-23-21-11-10-20-16-29(6)25(26(33)30(29,31)32)17-28(20,5)24(21)14-15-27(22,23)4/h18-25H,7-17H2,1-6H3/t19-,20-,21+,22-,23+,24+,25-,27-,28+,29-/m1/s1. The predicted octanol–water partition coefficient (Wildman–Crippen LogP) is 9.10. The van der Waals surface area contributed by atoms with Crippen LogP contribution in [0.1, 0.15) is 112 Å². The van der Waals surface area contributed by atoms with Gasteiger partial charge >= 0.3 is 0 Å². The molecule has 0 N–H and O–H groups in total. The largest absolute Gasteiger partial charge is 0.296 e. The van der Waals surface area contributed by atoms with Crippen molar-refractivity contribution < 1.29 is 4.79 Å². The number of alkyl halides is 2. The summed E-state index contributed by atoms with van der Waals surface area (Å²) in [6.45, 7) is 14.7. The Kier molecular flexibility index (Phi) is 6.14. The lowest BCUT2D eigenvalue weighted by molar-refractivity contribution is -0.183. The van der Waals surface area contributed by atoms with Gasteiger partial charge in [-0.05, 0) is 104 Å². The molecule has 0 heterocycles. The molecule has 0 bridgehead atoms. The van der Waals surface area contributed by atoms with Gasteiger partial charge in [0.25, 0.3) is 0 Å². The Balaban J connectivity index is 1.33. The molecule has 3 heteroatoms. The zero-order chi connectivity index (χ0) is 24.0. The number of hydrogen-bond acceptors (Lipinski definition) is 1. The van der Waals surface area contributed by atoms with Gasteiger partial charge in [-0.15, -0.1) is 0 Å². The van der Waals surface area contributed by atoms with Crippen LogP contribution in [0, 0.1) is 63.6 Å². The second-order valence-electron chi connectivity index (χ2n) is 14.5. The van der Waals surface area contributed by atoms with E-state index >= 15 is 0 Å². The van der Waals surface area contributed by atoms with Gasteiger partial charge in [0.05, 0.1) is 0 Å². The Labute approximate surface area is 213 Å². The minimum Gasteiger partial charge on any atom is -0.296 e. The highest BCUT2D eigenvalue weighted by Gasteiger charge is 2.74. The van der Waals surface area contributed by atoms with Crippen molar-refractivity contribution in [1.29, 1.82) is 0 Å². The van der Waals surface area contributed by atoms with E-state index in [1.165, 1.54) is 57.8 Å². The summed E-state index contributed by atoms with van der Waals surface area (Å²) >= 11 is 13.2. The first-order valence-corrected chi connectivity index (χ1v) is 15.0. The summed E-state index contributed by atoms with van der Waals surface area (Å²) in [5, 5.41) is 0. The molecular formula is C30H48Cl2O. The minimum absolute atomic E-state index is 0.0816. The maximum absolute atomic E-state index is 12.9. The highest BCUT2D eigenvalue weighted by atomic mass is 35.5. The monoisotopic (exact) mass is 494 g/mol. The summed E-state index contributed by atoms with van der Waals surface area (Å²) < 4.78 is -1.15. The molecule has 0 saturated heterocycles. The average molecular weight is 496 g/mol. The van der Waals surface area contributed by atoms with Gasteiger partial charge < -0.3 is 0 Å². The molecule has 0 unspecified atom stereocenters. The third kappa shape index (κ3) is 3.39. The lowest BCUT2D eigenvalue weighted by atomic mass is 9.38. The molecule has 5 saturated carbocycles. The normalized spacial score (nSPS) is 51.2. The van der Waals surface area contributed by atoms with Crippen molar-refractivity contribution >= 4 is 29.0 Å². The number of halogens is 2. The Morgan fingerprint density at radius 2 is 1.58 bits per heavy atom. The van der Waals surface area contributed by atoms with Crippen LogP contribution in [0.2, 0.25) is 0 Å². The van der Waals surface area contributed by atoms with Gasteiger partial charge in [0.2, 0.25) is 0 Å². The molecule has 188 valence electrons. The van der Waals surface area contributed by atoms with E-state index in [9.17, 15) is 4.79 Å². The van der Waals surface area contributed by atoms with Crippen molar-refractivity contribution in [3.05, 3.63) is 0 Å². The van der Waals surface area contributed by atoms with Gasteiger partial charge in [-0.1, -0.05) is 84.0 Å². The number of hydrogen-bond donors (Lipinski definition) is 0. The zero-order valence-corrected chi connectivity index (χ0v) is 23.6. The van der Waals surface area contributed by atoms with Crippen molar-refractivity contribution in [1.82, 2.24) is 0 Å². The molecule has 0 aromatic rings. The first-order chi connectivity index (χ1) is 15.4. The van der Waals surface area contributed by atoms with Crippen LogP contribution >= 0.6 is 23.2 Å². The Hall–Kier alpha value is 0.250. The van der Waals surface area contributed by atoms with E-state index in [1.54, 1.807) is 0 Å². The zero-order valence-electron chi connectivity index (χ0n) is 22.1. The molecule has 0 aromatic heterocycles. The molecule has 10 atom stereocenters. The number of fused-ring (bicyclic) bond motifs is 6. The lowest BCUT2D eigenvalue weighted by Crippen LogP contribution is -2.70. The molecule has 33 heavy (non-hydrogen) atoms. The second-order valence-corrected chi connectivity index (χ2v) is 15.8. The van der Waals surface area contributed by atoms with Crippen molar-refractivity contribution in [2.24, 2.45) is 63.6 Å². The SMILES string of the molecule is CC(C)CCC[C@@H](C)[C@H]1CC[C@H]2[C@@H]3CC[C@@H]4C[C@]5(C)[C@H](C[C@]4(C)[C@H]3CC[C@]12C)C(=O)C5(Cl)Cl. The minimum atomic E-state index is -1.15. The van der Waals surface area contributed by atoms with E-state index in [0.29, 0.717) is 16.7 Å². The summed E-state index contributed by atoms with van der Waals surface area (Å²) in [5.74, 6) is 6.06. The summed E-state index contributed by atoms with van der Waals surface area (Å²) in [4.78, 5) is 12.9. The highest BCUT2D eigenvalue weighted by Crippen LogP contribution is 2.74. The molecule has 1 nitrogen and oxygen atoms in total. The van der Waals surface area contributed by atoms with Gasteiger partial charge in [0, 0.05) is 11.3 Å². The highest BCUT2D eigenvalue weighted by molar-refractivity contribution is 6.61. The topological polar surface area (TPSA) is 17.1 Å². The van der Waals surface area contributed by atoms with Crippen LogP contribution < -0.4 is 0 Å². The Bertz CT molecular complexity index is 790. The summed E-state index contributed by atoms with van der Waals surface area (Å²) in [6.07, 6.45) is 14.7. The van der Waals surface area contributed by atoms with Crippen LogP contribution in [-0.4, -0.2) is 10.1 Å². The molecule has 5 fully saturated rings. The number of ketones is 1. The fourth-order valence-electron chi connectivity index (χ4n) is 10.7. The van der Waals surface area contributed by atoms with E-state index in [4.69, 9.17) is 23.2 Å². The van der Waals surface area contributed by atoms with Gasteiger partial charge in [0.15, 0.2) is 10.1 Å². The molecule has 0 amide bonds. The smallest absolute Gasteiger partial charge is 0.182 e. The quantitative estimate of drug-likeness (QED) is 0.348. The fraction of sp³-hybridized carbons (Fsp3) is 0.967. The van der Waals surface area contributed by atoms with E-state index in [-0.39, 0.29) is 17.1 Å². The molecule has 0 radical (unpaired) electrons. The summed E-state index contributed by atoms with van der Waals surface area (Å²) in [5.41, 5.74) is 0.630. The number of carbonyl (C=O) groups is 1. The van der Waals surface area contributed by atoms with Crippen molar-refractivity contribution in [3.8, 4) is 0 Å². The van der Waals surface area contributed by atoms with Crippen molar-refractivity contribution in [3.63, 3.8) is 0 Å². The molecule has 0 aromatic carbocycles. The van der Waals surface area contributed by atoms with E-state index in [2.05, 4.69) is 41.5 Å². The maximum atomic E-state index is 12.9. The number of Topliss-reactive ketones (excluding diaryl/α,β-unsaturated/α-hetero) is 1. The average Bonchev–Trinajstić information content (AvgIpc) is 3.10. The van der Waals surface area contributed by atoms with Gasteiger partial charge in [0.1, 0.15) is 0 Å². The van der Waals surface area contributed by atoms with Crippen LogP contribution in [0.5, 0.6) is 0 Å². The Morgan fingerprint density at radius 1 is 0.879 bits per heavy atom. The fourth-order valence-corrected chi connectivity index (χ4v) is 11.4. The molecule has 0 spiro atoms. The van der Waals surface area contributed by atoms with Gasteiger partial charge in [-0.3, -0.25) is 4.79 Å². The van der Waals surface area contributed by atoms with Crippen molar-refractivity contribution in [2.45, 2.75) is 117 Å². The van der Waals surface area contributed by atoms with Crippen LogP contribution in [0.15, 0.2) is 0 Å². The third-order valence-corrected chi connectivity index (χ3v) is 13.9. The molecule has 5 aliphatic rings. The van der Waals surface area contributed by atoms with Crippen LogP contribution in [0.3, 0.4) is 0 Å². The summed E-state index contributed by atoms with van der Waals surface area (Å²) in [7, 11) is 0. The van der Waals surface area contributed by atoms with E-state index in [0.717, 1.165) is 48.3 Å². The van der Waals surface area contributed by atoms with Crippen molar-refractivity contribution in [2.75, 3.05) is 0 Å². The van der Waals surface area contributed by atoms with Crippen LogP contribution in [-0.2, 0) is 4.79 Å². The van der Waals surface area contributed by atoms with Gasteiger partial charge in [-0.25, -0.2) is 0 Å². The number of carbonyl (C=O) groups excluding carboxylic acids is 1. The van der Waals surface area contributed by atoms with Crippen LogP contribution in [0.4, 0.5) is 0 Å². The molecule has 5 aliphatic carbocycles. The third-order valence-electron chi connectivity index (χ3n) is 12.7. The Morgan fingerprint density at radius 3 is 2.27 bits per heavy atom. The van der Waals surface area contributed by atoms with Gasteiger partial charge in [-0.2, -0.15) is 0 Å². The maximum Gasteiger partial charge on any atom is 0.182 e. The first kappa shape index (κ1) is 24.9. The molecule has 5 rings (SSSR count). The van der Waals surface area contributed by atoms with Crippen LogP contribution in [0.25, 0.3) is 0 Å². The number of rotatable bonds is 5. The molecular weight excluding hydrogens is 447 g/mol. The van der Waals surface area contributed by atoms with E-state index < -0.39 is 4.33 Å². The first-order valence-electron chi connectivity index (χ1n) is 14.3. The summed E-state index contributed by atoms with van der Waals surface area (Å²) in [6, 6.07) is 0. The van der Waals surface area contributed by atoms with E-state index in [1.807, 2.05) is 0 Å². The predicted molar refractivity (Wildman–Crippen MR) is 139 cm³/mol. The lowest BCUT2D eigenvalue weighted by Gasteiger charge is -2.68. The molecule has 0 aliphatic heterocycles.